The maximum Gasteiger partial charge on any atom is 0.251 e. The third-order valence-corrected chi connectivity index (χ3v) is 2.16. The van der Waals surface area contributed by atoms with E-state index >= 15 is 0 Å². The molecule has 82 valence electrons. The number of carbonyl (C=O) groups excluding carboxylic acids is 1. The van der Waals surface area contributed by atoms with Gasteiger partial charge in [-0.2, -0.15) is 0 Å². The number of anilines is 1. The number of nitrogens with one attached hydrogen (secondary N) is 1. The van der Waals surface area contributed by atoms with Gasteiger partial charge in [0.15, 0.2) is 0 Å². The highest BCUT2D eigenvalue weighted by Crippen LogP contribution is 2.13. The standard InChI is InChI=1S/C12H18N2O/c1-4-8-13-12(15)10-6-5-7-11(9-10)14(2)3/h5-7,9H,4,8H2,1-3H3,(H,13,15). The lowest BCUT2D eigenvalue weighted by Crippen LogP contribution is -2.24. The van der Waals surface area contributed by atoms with Crippen LogP contribution in [0.3, 0.4) is 0 Å². The summed E-state index contributed by atoms with van der Waals surface area (Å²) in [5.74, 6) is 0.000509. The molecule has 3 heteroatoms. The van der Waals surface area contributed by atoms with Crippen molar-refractivity contribution in [3.05, 3.63) is 29.8 Å². The average Bonchev–Trinajstić information content (AvgIpc) is 2.26. The van der Waals surface area contributed by atoms with Crippen molar-refractivity contribution in [2.45, 2.75) is 13.3 Å². The molecular weight excluding hydrogens is 188 g/mol. The lowest BCUT2D eigenvalue weighted by atomic mass is 10.2. The van der Waals surface area contributed by atoms with Gasteiger partial charge in [-0.25, -0.2) is 0 Å². The first-order chi connectivity index (χ1) is 7.15. The van der Waals surface area contributed by atoms with Crippen molar-refractivity contribution in [2.75, 3.05) is 25.5 Å². The SMILES string of the molecule is CCCNC(=O)c1cccc(N(C)C)c1. The number of amides is 1. The first-order valence-electron chi connectivity index (χ1n) is 5.20. The Morgan fingerprint density at radius 3 is 2.73 bits per heavy atom. The molecule has 0 atom stereocenters. The van der Waals surface area contributed by atoms with Gasteiger partial charge in [-0.3, -0.25) is 4.79 Å². The smallest absolute Gasteiger partial charge is 0.251 e. The van der Waals surface area contributed by atoms with Gasteiger partial charge in [-0.1, -0.05) is 13.0 Å². The molecule has 1 aromatic carbocycles. The minimum Gasteiger partial charge on any atom is -0.378 e. The molecule has 0 unspecified atom stereocenters. The highest BCUT2D eigenvalue weighted by Gasteiger charge is 2.05. The Labute approximate surface area is 91.1 Å². The van der Waals surface area contributed by atoms with Crippen molar-refractivity contribution in [3.63, 3.8) is 0 Å². The van der Waals surface area contributed by atoms with Crippen molar-refractivity contribution in [3.8, 4) is 0 Å². The summed E-state index contributed by atoms with van der Waals surface area (Å²) < 4.78 is 0. The summed E-state index contributed by atoms with van der Waals surface area (Å²) in [6.45, 7) is 2.77. The molecule has 1 rings (SSSR count). The third-order valence-electron chi connectivity index (χ3n) is 2.16. The number of rotatable bonds is 4. The second kappa shape index (κ2) is 5.39. The highest BCUT2D eigenvalue weighted by atomic mass is 16.1. The van der Waals surface area contributed by atoms with Crippen LogP contribution in [0.2, 0.25) is 0 Å². The Hall–Kier alpha value is -1.51. The van der Waals surface area contributed by atoms with Crippen LogP contribution in [0.25, 0.3) is 0 Å². The number of hydrogen-bond donors (Lipinski definition) is 1. The Kier molecular flexibility index (Phi) is 4.16. The molecule has 0 saturated heterocycles. The van der Waals surface area contributed by atoms with Crippen LogP contribution < -0.4 is 10.2 Å². The molecule has 0 aliphatic carbocycles. The van der Waals surface area contributed by atoms with Gasteiger partial charge in [0.25, 0.3) is 5.91 Å². The van der Waals surface area contributed by atoms with Gasteiger partial charge >= 0.3 is 0 Å². The van der Waals surface area contributed by atoms with Gasteiger partial charge < -0.3 is 10.2 Å². The molecule has 1 aromatic rings. The van der Waals surface area contributed by atoms with Crippen molar-refractivity contribution in [2.24, 2.45) is 0 Å². The molecule has 0 aromatic heterocycles. The number of benzene rings is 1. The summed E-state index contributed by atoms with van der Waals surface area (Å²) in [6.07, 6.45) is 0.957. The second-order valence-corrected chi connectivity index (χ2v) is 3.70. The molecule has 0 spiro atoms. The van der Waals surface area contributed by atoms with Crippen LogP contribution in [-0.2, 0) is 0 Å². The van der Waals surface area contributed by atoms with E-state index in [1.54, 1.807) is 0 Å². The van der Waals surface area contributed by atoms with Gasteiger partial charge in [0, 0.05) is 31.9 Å². The first kappa shape index (κ1) is 11.6. The summed E-state index contributed by atoms with van der Waals surface area (Å²) in [5, 5.41) is 2.86. The van der Waals surface area contributed by atoms with Gasteiger partial charge in [0.05, 0.1) is 0 Å². The van der Waals surface area contributed by atoms with Crippen molar-refractivity contribution < 1.29 is 4.79 Å². The molecule has 1 amide bonds. The predicted molar refractivity (Wildman–Crippen MR) is 63.4 cm³/mol. The van der Waals surface area contributed by atoms with E-state index in [9.17, 15) is 4.79 Å². The summed E-state index contributed by atoms with van der Waals surface area (Å²) in [7, 11) is 3.92. The van der Waals surface area contributed by atoms with Crippen LogP contribution in [0.5, 0.6) is 0 Å². The van der Waals surface area contributed by atoms with Gasteiger partial charge in [0.1, 0.15) is 0 Å². The maximum atomic E-state index is 11.6. The van der Waals surface area contributed by atoms with E-state index in [2.05, 4.69) is 5.32 Å². The molecule has 0 saturated carbocycles. The van der Waals surface area contributed by atoms with E-state index in [0.717, 1.165) is 24.2 Å². The van der Waals surface area contributed by atoms with Crippen LogP contribution in [0.1, 0.15) is 23.7 Å². The molecular formula is C12H18N2O. The zero-order valence-corrected chi connectivity index (χ0v) is 9.58. The van der Waals surface area contributed by atoms with Crippen LogP contribution in [0, 0.1) is 0 Å². The fraction of sp³-hybridized carbons (Fsp3) is 0.417. The van der Waals surface area contributed by atoms with E-state index in [-0.39, 0.29) is 5.91 Å². The molecule has 0 heterocycles. The van der Waals surface area contributed by atoms with E-state index in [1.165, 1.54) is 0 Å². The van der Waals surface area contributed by atoms with Crippen LogP contribution in [0.15, 0.2) is 24.3 Å². The maximum absolute atomic E-state index is 11.6. The van der Waals surface area contributed by atoms with E-state index in [4.69, 9.17) is 0 Å². The molecule has 1 N–H and O–H groups in total. The Morgan fingerprint density at radius 2 is 2.13 bits per heavy atom. The fourth-order valence-electron chi connectivity index (χ4n) is 1.27. The van der Waals surface area contributed by atoms with E-state index in [0.29, 0.717) is 0 Å². The van der Waals surface area contributed by atoms with E-state index < -0.39 is 0 Å². The highest BCUT2D eigenvalue weighted by molar-refractivity contribution is 5.95. The average molecular weight is 206 g/mol. The fourth-order valence-corrected chi connectivity index (χ4v) is 1.27. The predicted octanol–water partition coefficient (Wildman–Crippen LogP) is 1.89. The summed E-state index contributed by atoms with van der Waals surface area (Å²) in [6, 6.07) is 7.61. The molecule has 0 aliphatic rings. The van der Waals surface area contributed by atoms with Crippen molar-refractivity contribution in [1.29, 1.82) is 0 Å². The minimum atomic E-state index is 0.000509. The van der Waals surface area contributed by atoms with Crippen LogP contribution in [-0.4, -0.2) is 26.5 Å². The largest absolute Gasteiger partial charge is 0.378 e. The lowest BCUT2D eigenvalue weighted by molar-refractivity contribution is 0.0953. The minimum absolute atomic E-state index is 0.000509. The zero-order chi connectivity index (χ0) is 11.3. The normalized spacial score (nSPS) is 9.80. The Morgan fingerprint density at radius 1 is 1.40 bits per heavy atom. The Balaban J connectivity index is 2.76. The molecule has 3 nitrogen and oxygen atoms in total. The molecule has 15 heavy (non-hydrogen) atoms. The lowest BCUT2D eigenvalue weighted by Gasteiger charge is -2.13. The summed E-state index contributed by atoms with van der Waals surface area (Å²) >= 11 is 0. The molecule has 0 bridgehead atoms. The molecule has 0 fully saturated rings. The van der Waals surface area contributed by atoms with Crippen LogP contribution in [0.4, 0.5) is 5.69 Å². The Bertz CT molecular complexity index is 334. The number of carbonyl (C=O) groups is 1. The molecule has 0 radical (unpaired) electrons. The zero-order valence-electron chi connectivity index (χ0n) is 9.58. The van der Waals surface area contributed by atoms with Gasteiger partial charge in [-0.05, 0) is 24.6 Å². The topological polar surface area (TPSA) is 32.3 Å². The van der Waals surface area contributed by atoms with Gasteiger partial charge in [0.2, 0.25) is 0 Å². The van der Waals surface area contributed by atoms with Crippen LogP contribution >= 0.6 is 0 Å². The monoisotopic (exact) mass is 206 g/mol. The summed E-state index contributed by atoms with van der Waals surface area (Å²) in [4.78, 5) is 13.6. The third kappa shape index (κ3) is 3.27. The number of hydrogen-bond acceptors (Lipinski definition) is 2. The summed E-state index contributed by atoms with van der Waals surface area (Å²) in [5.41, 5.74) is 1.76. The van der Waals surface area contributed by atoms with Gasteiger partial charge in [-0.15, -0.1) is 0 Å². The molecule has 0 aliphatic heterocycles. The van der Waals surface area contributed by atoms with Crippen molar-refractivity contribution in [1.82, 2.24) is 5.32 Å². The van der Waals surface area contributed by atoms with Crippen molar-refractivity contribution >= 4 is 11.6 Å². The second-order valence-electron chi connectivity index (χ2n) is 3.70. The first-order valence-corrected chi connectivity index (χ1v) is 5.20. The van der Waals surface area contributed by atoms with E-state index in [1.807, 2.05) is 50.2 Å². The quantitative estimate of drug-likeness (QED) is 0.816. The number of nitrogens with zero attached hydrogens (tertiary/aromatic N) is 1.